The summed E-state index contributed by atoms with van der Waals surface area (Å²) < 4.78 is 19.0. The van der Waals surface area contributed by atoms with Crippen LogP contribution in [0.3, 0.4) is 0 Å². The SMILES string of the molecule is Cc1c(OC[C@@H]2COCCO2)cc(=O)n2c1-c1ccc(CCC(C)C)cc1CC2. The molecule has 1 saturated heterocycles. The summed E-state index contributed by atoms with van der Waals surface area (Å²) in [6.45, 7) is 9.43. The van der Waals surface area contributed by atoms with Crippen molar-refractivity contribution in [1.82, 2.24) is 4.57 Å². The monoisotopic (exact) mass is 397 g/mol. The summed E-state index contributed by atoms with van der Waals surface area (Å²) in [5.41, 5.74) is 5.86. The van der Waals surface area contributed by atoms with Crippen molar-refractivity contribution in [3.05, 3.63) is 51.3 Å². The summed E-state index contributed by atoms with van der Waals surface area (Å²) in [4.78, 5) is 12.8. The van der Waals surface area contributed by atoms with Gasteiger partial charge in [0, 0.05) is 23.7 Å². The minimum Gasteiger partial charge on any atom is -0.490 e. The van der Waals surface area contributed by atoms with Crippen molar-refractivity contribution in [2.45, 2.75) is 52.7 Å². The lowest BCUT2D eigenvalue weighted by Gasteiger charge is -2.27. The Balaban J connectivity index is 1.62. The van der Waals surface area contributed by atoms with Crippen LogP contribution in [0.4, 0.5) is 0 Å². The zero-order valence-electron chi connectivity index (χ0n) is 17.7. The highest BCUT2D eigenvalue weighted by Gasteiger charge is 2.23. The van der Waals surface area contributed by atoms with E-state index in [1.54, 1.807) is 6.07 Å². The highest BCUT2D eigenvalue weighted by molar-refractivity contribution is 5.71. The van der Waals surface area contributed by atoms with Crippen LogP contribution in [0.2, 0.25) is 0 Å². The molecule has 0 aliphatic carbocycles. The van der Waals surface area contributed by atoms with Gasteiger partial charge in [0.2, 0.25) is 0 Å². The van der Waals surface area contributed by atoms with Gasteiger partial charge in [0.15, 0.2) is 0 Å². The molecule has 0 unspecified atom stereocenters. The van der Waals surface area contributed by atoms with E-state index in [1.807, 2.05) is 11.5 Å². The number of aryl methyl sites for hydroxylation is 2. The maximum absolute atomic E-state index is 12.8. The summed E-state index contributed by atoms with van der Waals surface area (Å²) in [5.74, 6) is 1.35. The van der Waals surface area contributed by atoms with E-state index in [-0.39, 0.29) is 11.7 Å². The number of rotatable bonds is 6. The van der Waals surface area contributed by atoms with E-state index in [0.717, 1.165) is 36.2 Å². The van der Waals surface area contributed by atoms with Crippen molar-refractivity contribution >= 4 is 0 Å². The Hall–Kier alpha value is -2.11. The van der Waals surface area contributed by atoms with Crippen LogP contribution in [0.5, 0.6) is 5.75 Å². The predicted molar refractivity (Wildman–Crippen MR) is 114 cm³/mol. The number of nitrogens with zero attached hydrogens (tertiary/aromatic N) is 1. The number of ether oxygens (including phenoxy) is 3. The van der Waals surface area contributed by atoms with Crippen molar-refractivity contribution in [3.8, 4) is 17.0 Å². The average Bonchev–Trinajstić information content (AvgIpc) is 2.73. The molecule has 1 aromatic carbocycles. The van der Waals surface area contributed by atoms with Crippen LogP contribution in [-0.2, 0) is 28.9 Å². The van der Waals surface area contributed by atoms with Gasteiger partial charge >= 0.3 is 0 Å². The van der Waals surface area contributed by atoms with Gasteiger partial charge < -0.3 is 18.8 Å². The van der Waals surface area contributed by atoms with Gasteiger partial charge in [-0.1, -0.05) is 32.0 Å². The first kappa shape index (κ1) is 20.2. The van der Waals surface area contributed by atoms with E-state index >= 15 is 0 Å². The fraction of sp³-hybridized carbons (Fsp3) is 0.542. The molecule has 1 aromatic heterocycles. The minimum atomic E-state index is -0.0854. The van der Waals surface area contributed by atoms with Gasteiger partial charge in [0.1, 0.15) is 18.5 Å². The second kappa shape index (κ2) is 8.72. The molecule has 3 heterocycles. The summed E-state index contributed by atoms with van der Waals surface area (Å²) in [7, 11) is 0. The molecule has 1 fully saturated rings. The normalized spacial score (nSPS) is 18.4. The number of fused-ring (bicyclic) bond motifs is 3. The summed E-state index contributed by atoms with van der Waals surface area (Å²) in [6, 6.07) is 8.34. The largest absolute Gasteiger partial charge is 0.490 e. The standard InChI is InChI=1S/C24H31NO4/c1-16(2)4-5-18-6-7-21-19(12-18)8-9-25-23(26)13-22(17(3)24(21)25)29-15-20-14-27-10-11-28-20/h6-7,12-13,16,20H,4-5,8-11,14-15H2,1-3H3/t20-/m0/s1. The number of benzene rings is 1. The maximum Gasteiger partial charge on any atom is 0.254 e. The molecule has 0 radical (unpaired) electrons. The Kier molecular flexibility index (Phi) is 6.07. The first-order chi connectivity index (χ1) is 14.0. The van der Waals surface area contributed by atoms with Gasteiger partial charge in [-0.05, 0) is 43.2 Å². The number of aromatic nitrogens is 1. The van der Waals surface area contributed by atoms with Crippen molar-refractivity contribution < 1.29 is 14.2 Å². The molecule has 5 nitrogen and oxygen atoms in total. The van der Waals surface area contributed by atoms with Gasteiger partial charge in [0.25, 0.3) is 5.56 Å². The van der Waals surface area contributed by atoms with Crippen molar-refractivity contribution in [1.29, 1.82) is 0 Å². The lowest BCUT2D eigenvalue weighted by molar-refractivity contribution is -0.101. The molecule has 29 heavy (non-hydrogen) atoms. The van der Waals surface area contributed by atoms with Crippen molar-refractivity contribution in [2.75, 3.05) is 26.4 Å². The molecule has 2 aliphatic rings. The van der Waals surface area contributed by atoms with Crippen molar-refractivity contribution in [3.63, 3.8) is 0 Å². The third-order valence-corrected chi connectivity index (χ3v) is 5.86. The first-order valence-corrected chi connectivity index (χ1v) is 10.7. The Morgan fingerprint density at radius 2 is 2.10 bits per heavy atom. The van der Waals surface area contributed by atoms with Gasteiger partial charge in [-0.25, -0.2) is 0 Å². The van der Waals surface area contributed by atoms with E-state index < -0.39 is 0 Å². The molecule has 0 bridgehead atoms. The lowest BCUT2D eigenvalue weighted by atomic mass is 9.91. The molecule has 0 spiro atoms. The van der Waals surface area contributed by atoms with Gasteiger partial charge in [-0.15, -0.1) is 0 Å². The highest BCUT2D eigenvalue weighted by Crippen LogP contribution is 2.35. The van der Waals surface area contributed by atoms with Crippen LogP contribution in [0.25, 0.3) is 11.3 Å². The Morgan fingerprint density at radius 3 is 2.86 bits per heavy atom. The molecule has 0 amide bonds. The summed E-state index contributed by atoms with van der Waals surface area (Å²) >= 11 is 0. The molecule has 1 atom stereocenters. The molecule has 156 valence electrons. The van der Waals surface area contributed by atoms with Crippen LogP contribution < -0.4 is 10.3 Å². The molecule has 4 rings (SSSR count). The number of hydrogen-bond acceptors (Lipinski definition) is 4. The minimum absolute atomic E-state index is 0.00375. The van der Waals surface area contributed by atoms with Crippen molar-refractivity contribution in [2.24, 2.45) is 5.92 Å². The van der Waals surface area contributed by atoms with Crippen LogP contribution in [0, 0.1) is 12.8 Å². The summed E-state index contributed by atoms with van der Waals surface area (Å²) in [5, 5.41) is 0. The molecule has 0 N–H and O–H groups in total. The Morgan fingerprint density at radius 1 is 1.24 bits per heavy atom. The average molecular weight is 398 g/mol. The quantitative estimate of drug-likeness (QED) is 0.745. The van der Waals surface area contributed by atoms with Gasteiger partial charge in [-0.2, -0.15) is 0 Å². The smallest absolute Gasteiger partial charge is 0.254 e. The second-order valence-corrected chi connectivity index (χ2v) is 8.52. The Labute approximate surface area is 172 Å². The molecule has 5 heteroatoms. The molecule has 0 saturated carbocycles. The number of pyridine rings is 1. The van der Waals surface area contributed by atoms with Gasteiger partial charge in [0.05, 0.1) is 25.5 Å². The van der Waals surface area contributed by atoms with Crippen LogP contribution in [-0.4, -0.2) is 37.1 Å². The van der Waals surface area contributed by atoms with E-state index in [4.69, 9.17) is 14.2 Å². The third-order valence-electron chi connectivity index (χ3n) is 5.86. The Bertz CT molecular complexity index is 925. The fourth-order valence-corrected chi connectivity index (χ4v) is 4.19. The van der Waals surface area contributed by atoms with E-state index in [1.165, 1.54) is 17.5 Å². The van der Waals surface area contributed by atoms with Crippen LogP contribution >= 0.6 is 0 Å². The zero-order chi connectivity index (χ0) is 20.4. The predicted octanol–water partition coefficient (Wildman–Crippen LogP) is 3.76. The number of hydrogen-bond donors (Lipinski definition) is 0. The van der Waals surface area contributed by atoms with Gasteiger partial charge in [-0.3, -0.25) is 4.79 Å². The highest BCUT2D eigenvalue weighted by atomic mass is 16.6. The first-order valence-electron chi connectivity index (χ1n) is 10.7. The molecule has 2 aliphatic heterocycles. The van der Waals surface area contributed by atoms with E-state index in [2.05, 4.69) is 32.0 Å². The topological polar surface area (TPSA) is 49.7 Å². The fourth-order valence-electron chi connectivity index (χ4n) is 4.19. The van der Waals surface area contributed by atoms with E-state index in [9.17, 15) is 4.79 Å². The summed E-state index contributed by atoms with van der Waals surface area (Å²) in [6.07, 6.45) is 3.10. The van der Waals surface area contributed by atoms with E-state index in [0.29, 0.717) is 38.1 Å². The van der Waals surface area contributed by atoms with Crippen LogP contribution in [0.1, 0.15) is 37.0 Å². The molecular weight excluding hydrogens is 366 g/mol. The third kappa shape index (κ3) is 4.41. The lowest BCUT2D eigenvalue weighted by Crippen LogP contribution is -2.34. The van der Waals surface area contributed by atoms with Crippen LogP contribution in [0.15, 0.2) is 29.1 Å². The molecule has 2 aromatic rings. The second-order valence-electron chi connectivity index (χ2n) is 8.52. The maximum atomic E-state index is 12.8. The molecular formula is C24H31NO4. The zero-order valence-corrected chi connectivity index (χ0v) is 17.7.